The van der Waals surface area contributed by atoms with Crippen LogP contribution in [0.25, 0.3) is 11.6 Å². The topological polar surface area (TPSA) is 61.2 Å². The van der Waals surface area contributed by atoms with Crippen molar-refractivity contribution >= 4 is 21.7 Å². The van der Waals surface area contributed by atoms with Crippen LogP contribution in [0.4, 0.5) is 0 Å². The molecule has 1 aliphatic rings. The average Bonchev–Trinajstić information content (AvgIpc) is 3.25. The summed E-state index contributed by atoms with van der Waals surface area (Å²) >= 11 is 0. The highest BCUT2D eigenvalue weighted by atomic mass is 32.2. The number of sulfonamides is 1. The molecule has 0 amide bonds. The van der Waals surface area contributed by atoms with E-state index in [1.54, 1.807) is 24.3 Å². The molecule has 0 aliphatic carbocycles. The molecule has 0 radical (unpaired) electrons. The van der Waals surface area contributed by atoms with Gasteiger partial charge in [-0.15, -0.1) is 0 Å². The zero-order valence-electron chi connectivity index (χ0n) is 17.8. The third-order valence-corrected chi connectivity index (χ3v) is 7.50. The van der Waals surface area contributed by atoms with E-state index in [1.165, 1.54) is 4.31 Å². The number of aryl methyl sites for hydroxylation is 1. The Morgan fingerprint density at radius 1 is 0.969 bits per heavy atom. The highest BCUT2D eigenvalue weighted by molar-refractivity contribution is 7.89. The summed E-state index contributed by atoms with van der Waals surface area (Å²) in [6.07, 6.45) is 4.00. The first-order chi connectivity index (χ1) is 15.5. The van der Waals surface area contributed by atoms with Gasteiger partial charge in [0.15, 0.2) is 0 Å². The molecule has 160 valence electrons. The minimum absolute atomic E-state index is 0.190. The van der Waals surface area contributed by atoms with Gasteiger partial charge in [0, 0.05) is 19.0 Å². The summed E-state index contributed by atoms with van der Waals surface area (Å²) in [6.45, 7) is 2.42. The van der Waals surface area contributed by atoms with Gasteiger partial charge in [0.2, 0.25) is 10.0 Å². The molecule has 3 aromatic carbocycles. The second kappa shape index (κ2) is 9.35. The minimum atomic E-state index is -3.67. The maximum Gasteiger partial charge on any atom is 0.243 e. The fourth-order valence-corrected chi connectivity index (χ4v) is 5.35. The van der Waals surface area contributed by atoms with E-state index in [0.29, 0.717) is 12.1 Å². The molecule has 0 N–H and O–H groups in total. The summed E-state index contributed by atoms with van der Waals surface area (Å²) in [5.41, 5.74) is 4.20. The molecule has 1 saturated heterocycles. The van der Waals surface area contributed by atoms with Crippen LogP contribution < -0.4 is 0 Å². The summed E-state index contributed by atoms with van der Waals surface area (Å²) in [6, 6.07) is 28.6. The van der Waals surface area contributed by atoms with E-state index in [2.05, 4.69) is 6.07 Å². The molecule has 32 heavy (non-hydrogen) atoms. The van der Waals surface area contributed by atoms with Gasteiger partial charge in [-0.05, 0) is 35.8 Å². The molecule has 1 atom stereocenters. The number of rotatable bonds is 5. The summed E-state index contributed by atoms with van der Waals surface area (Å²) in [4.78, 5) is 0.272. The Bertz CT molecular complexity index is 1290. The molecule has 4 nitrogen and oxygen atoms in total. The lowest BCUT2D eigenvalue weighted by molar-refractivity contribution is 0.471. The van der Waals surface area contributed by atoms with Crippen LogP contribution in [0.2, 0.25) is 0 Å². The highest BCUT2D eigenvalue weighted by Crippen LogP contribution is 2.34. The van der Waals surface area contributed by atoms with Gasteiger partial charge in [-0.2, -0.15) is 9.57 Å². The van der Waals surface area contributed by atoms with E-state index in [0.717, 1.165) is 22.3 Å². The van der Waals surface area contributed by atoms with E-state index in [9.17, 15) is 13.7 Å². The number of allylic oxidation sites excluding steroid dienone is 1. The molecule has 1 fully saturated rings. The predicted molar refractivity (Wildman–Crippen MR) is 128 cm³/mol. The maximum absolute atomic E-state index is 13.4. The summed E-state index contributed by atoms with van der Waals surface area (Å²) < 4.78 is 28.2. The monoisotopic (exact) mass is 440 g/mol. The van der Waals surface area contributed by atoms with Gasteiger partial charge in [-0.3, -0.25) is 0 Å². The SMILES string of the molecule is Cc1ccc(S(=O)(=O)N2C/C(=C(\C#N)c3ccccc3)C(/C=C/c3ccccc3)C2)cc1. The molecule has 4 rings (SSSR count). The van der Waals surface area contributed by atoms with Crippen molar-refractivity contribution in [2.75, 3.05) is 13.1 Å². The van der Waals surface area contributed by atoms with Gasteiger partial charge in [0.1, 0.15) is 0 Å². The Hall–Kier alpha value is -3.46. The maximum atomic E-state index is 13.4. The standard InChI is InChI=1S/C27H24N2O2S/c1-21-12-16-25(17-13-21)32(30,31)29-19-24(15-14-22-8-4-2-5-9-22)27(20-29)26(18-28)23-10-6-3-7-11-23/h2-17,24H,19-20H2,1H3/b15-14+,27-26-. The fraction of sp³-hybridized carbons (Fsp3) is 0.148. The fourth-order valence-electron chi connectivity index (χ4n) is 3.90. The molecule has 0 aromatic heterocycles. The second-order valence-electron chi connectivity index (χ2n) is 7.86. The summed E-state index contributed by atoms with van der Waals surface area (Å²) in [5.74, 6) is -0.190. The van der Waals surface area contributed by atoms with Crippen LogP contribution in [0, 0.1) is 24.2 Å². The highest BCUT2D eigenvalue weighted by Gasteiger charge is 2.36. The first-order valence-electron chi connectivity index (χ1n) is 10.5. The zero-order valence-corrected chi connectivity index (χ0v) is 18.7. The second-order valence-corrected chi connectivity index (χ2v) is 9.80. The summed E-state index contributed by atoms with van der Waals surface area (Å²) in [7, 11) is -3.67. The molecule has 0 spiro atoms. The van der Waals surface area contributed by atoms with Gasteiger partial charge in [-0.1, -0.05) is 90.5 Å². The van der Waals surface area contributed by atoms with Crippen molar-refractivity contribution in [2.24, 2.45) is 5.92 Å². The first-order valence-corrected chi connectivity index (χ1v) is 11.9. The third kappa shape index (κ3) is 4.57. The Morgan fingerprint density at radius 2 is 1.59 bits per heavy atom. The Balaban J connectivity index is 1.75. The lowest BCUT2D eigenvalue weighted by Crippen LogP contribution is -2.28. The average molecular weight is 441 g/mol. The quantitative estimate of drug-likeness (QED) is 0.506. The lowest BCUT2D eigenvalue weighted by atomic mass is 9.93. The molecule has 1 aliphatic heterocycles. The van der Waals surface area contributed by atoms with Gasteiger partial charge >= 0.3 is 0 Å². The number of nitriles is 1. The van der Waals surface area contributed by atoms with Gasteiger partial charge in [0.25, 0.3) is 0 Å². The normalized spacial score (nSPS) is 18.6. The van der Waals surface area contributed by atoms with Crippen LogP contribution in [0.15, 0.2) is 101 Å². The Labute approximate surface area is 189 Å². The van der Waals surface area contributed by atoms with Crippen molar-refractivity contribution in [1.82, 2.24) is 4.31 Å². The van der Waals surface area contributed by atoms with Crippen molar-refractivity contribution in [3.05, 3.63) is 113 Å². The van der Waals surface area contributed by atoms with Crippen molar-refractivity contribution in [3.8, 4) is 6.07 Å². The molecule has 1 heterocycles. The van der Waals surface area contributed by atoms with E-state index in [1.807, 2.05) is 79.7 Å². The molecular weight excluding hydrogens is 416 g/mol. The summed E-state index contributed by atoms with van der Waals surface area (Å²) in [5, 5.41) is 9.98. The number of hydrogen-bond donors (Lipinski definition) is 0. The van der Waals surface area contributed by atoms with Crippen molar-refractivity contribution in [2.45, 2.75) is 11.8 Å². The van der Waals surface area contributed by atoms with Gasteiger partial charge in [-0.25, -0.2) is 8.42 Å². The predicted octanol–water partition coefficient (Wildman–Crippen LogP) is 5.31. The van der Waals surface area contributed by atoms with Crippen molar-refractivity contribution < 1.29 is 8.42 Å². The third-order valence-electron chi connectivity index (χ3n) is 5.67. The smallest absolute Gasteiger partial charge is 0.207 e. The van der Waals surface area contributed by atoms with E-state index in [4.69, 9.17) is 0 Å². The lowest BCUT2D eigenvalue weighted by Gasteiger charge is -2.15. The molecular formula is C27H24N2O2S. The van der Waals surface area contributed by atoms with Crippen molar-refractivity contribution in [1.29, 1.82) is 5.26 Å². The zero-order chi connectivity index (χ0) is 22.6. The van der Waals surface area contributed by atoms with Crippen LogP contribution in [-0.4, -0.2) is 25.8 Å². The van der Waals surface area contributed by atoms with Gasteiger partial charge < -0.3 is 0 Å². The number of hydrogen-bond acceptors (Lipinski definition) is 3. The number of nitrogens with zero attached hydrogens (tertiary/aromatic N) is 2. The van der Waals surface area contributed by atoms with E-state index < -0.39 is 10.0 Å². The van der Waals surface area contributed by atoms with E-state index >= 15 is 0 Å². The largest absolute Gasteiger partial charge is 0.243 e. The van der Waals surface area contributed by atoms with Crippen LogP contribution >= 0.6 is 0 Å². The molecule has 0 saturated carbocycles. The Morgan fingerprint density at radius 3 is 2.22 bits per heavy atom. The molecule has 0 bridgehead atoms. The number of benzene rings is 3. The minimum Gasteiger partial charge on any atom is -0.207 e. The molecule has 1 unspecified atom stereocenters. The van der Waals surface area contributed by atoms with Crippen LogP contribution in [0.5, 0.6) is 0 Å². The van der Waals surface area contributed by atoms with Crippen LogP contribution in [0.3, 0.4) is 0 Å². The van der Waals surface area contributed by atoms with Crippen LogP contribution in [0.1, 0.15) is 16.7 Å². The molecule has 5 heteroatoms. The Kier molecular flexibility index (Phi) is 6.36. The van der Waals surface area contributed by atoms with Gasteiger partial charge in [0.05, 0.1) is 16.5 Å². The van der Waals surface area contributed by atoms with Crippen molar-refractivity contribution in [3.63, 3.8) is 0 Å². The van der Waals surface area contributed by atoms with Crippen LogP contribution in [-0.2, 0) is 10.0 Å². The molecule has 3 aromatic rings. The first kappa shape index (κ1) is 21.8. The van der Waals surface area contributed by atoms with E-state index in [-0.39, 0.29) is 17.4 Å².